The molecule has 3 heterocycles. The molecule has 8 nitrogen and oxygen atoms in total. The molecule has 9 heteroatoms. The van der Waals surface area contributed by atoms with Crippen LogP contribution in [0.25, 0.3) is 0 Å². The van der Waals surface area contributed by atoms with Gasteiger partial charge in [0.1, 0.15) is 11.8 Å². The zero-order chi connectivity index (χ0) is 31.3. The molecule has 1 aromatic rings. The van der Waals surface area contributed by atoms with Crippen LogP contribution in [0.1, 0.15) is 59.8 Å². The van der Waals surface area contributed by atoms with Gasteiger partial charge < -0.3 is 24.5 Å². The summed E-state index contributed by atoms with van der Waals surface area (Å²) in [6, 6.07) is 6.17. The number of nitrogens with zero attached hydrogens (tertiary/aromatic N) is 3. The van der Waals surface area contributed by atoms with Crippen LogP contribution < -0.4 is 9.64 Å². The van der Waals surface area contributed by atoms with Gasteiger partial charge in [-0.3, -0.25) is 14.4 Å². The third kappa shape index (κ3) is 5.87. The first-order valence-electron chi connectivity index (χ1n) is 15.9. The fraction of sp³-hybridized carbons (Fsp3) is 0.618. The molecule has 3 saturated heterocycles. The van der Waals surface area contributed by atoms with Crippen molar-refractivity contribution in [1.29, 1.82) is 0 Å². The number of anilines is 1. The molecule has 3 amide bonds. The van der Waals surface area contributed by atoms with Crippen LogP contribution in [-0.2, 0) is 14.4 Å². The maximum absolute atomic E-state index is 14.6. The standard InChI is InChI=1S/C34H49N3O5S/c1-7-12-13-20-35(18-8-2)33(41)30-34-23(6)21-27(43-34)28(29(34)32(40)37(30)24(10-4)22-38)31(39)36(19-9-3)25-14-16-26(17-15-25)42-11-5/h8-9,14-17,23-24,27-30,38H,2-3,7,10-13,18-22H2,1,4-6H3/t23?,24-,27-,28+,29-,30?,34?/m0/s1. The van der Waals surface area contributed by atoms with E-state index >= 15 is 0 Å². The highest BCUT2D eigenvalue weighted by Crippen LogP contribution is 2.69. The average molecular weight is 612 g/mol. The second-order valence-corrected chi connectivity index (χ2v) is 13.5. The molecule has 43 heavy (non-hydrogen) atoms. The first-order valence-corrected chi connectivity index (χ1v) is 16.8. The highest BCUT2D eigenvalue weighted by atomic mass is 32.2. The van der Waals surface area contributed by atoms with Gasteiger partial charge in [-0.2, -0.15) is 0 Å². The number of aliphatic hydroxyl groups is 1. The Morgan fingerprint density at radius 2 is 1.84 bits per heavy atom. The minimum Gasteiger partial charge on any atom is -0.494 e. The predicted octanol–water partition coefficient (Wildman–Crippen LogP) is 4.92. The highest BCUT2D eigenvalue weighted by molar-refractivity contribution is 8.02. The lowest BCUT2D eigenvalue weighted by atomic mass is 9.65. The van der Waals surface area contributed by atoms with Crippen molar-refractivity contribution in [1.82, 2.24) is 9.80 Å². The van der Waals surface area contributed by atoms with Crippen molar-refractivity contribution in [2.24, 2.45) is 17.8 Å². The fourth-order valence-electron chi connectivity index (χ4n) is 7.52. The van der Waals surface area contributed by atoms with Crippen LogP contribution in [0.4, 0.5) is 5.69 Å². The first-order chi connectivity index (χ1) is 20.7. The second-order valence-electron chi connectivity index (χ2n) is 12.0. The second kappa shape index (κ2) is 14.3. The number of hydrogen-bond acceptors (Lipinski definition) is 6. The molecule has 2 bridgehead atoms. The highest BCUT2D eigenvalue weighted by Gasteiger charge is 2.77. The van der Waals surface area contributed by atoms with Gasteiger partial charge in [-0.15, -0.1) is 24.9 Å². The number of aliphatic hydroxyl groups excluding tert-OH is 1. The van der Waals surface area contributed by atoms with Crippen molar-refractivity contribution in [3.05, 3.63) is 49.6 Å². The molecule has 3 aliphatic heterocycles. The predicted molar refractivity (Wildman–Crippen MR) is 173 cm³/mol. The van der Waals surface area contributed by atoms with E-state index in [0.29, 0.717) is 38.3 Å². The molecule has 0 aliphatic carbocycles. The molecular formula is C34H49N3O5S. The van der Waals surface area contributed by atoms with E-state index in [1.165, 1.54) is 0 Å². The Bertz CT molecular complexity index is 1170. The van der Waals surface area contributed by atoms with Gasteiger partial charge in [0.05, 0.1) is 35.8 Å². The van der Waals surface area contributed by atoms with Gasteiger partial charge in [0, 0.05) is 30.6 Å². The number of hydrogen-bond donors (Lipinski definition) is 1. The van der Waals surface area contributed by atoms with Gasteiger partial charge in [-0.25, -0.2) is 0 Å². The summed E-state index contributed by atoms with van der Waals surface area (Å²) in [7, 11) is 0. The van der Waals surface area contributed by atoms with Crippen LogP contribution in [0, 0.1) is 17.8 Å². The Balaban J connectivity index is 1.76. The van der Waals surface area contributed by atoms with Gasteiger partial charge in [0.2, 0.25) is 17.7 Å². The van der Waals surface area contributed by atoms with Crippen molar-refractivity contribution in [2.45, 2.75) is 81.9 Å². The summed E-state index contributed by atoms with van der Waals surface area (Å²) in [5.41, 5.74) is 0.716. The summed E-state index contributed by atoms with van der Waals surface area (Å²) in [6.07, 6.45) is 7.61. The molecule has 1 N–H and O–H groups in total. The molecule has 7 atom stereocenters. The number of rotatable bonds is 16. The van der Waals surface area contributed by atoms with Crippen molar-refractivity contribution in [2.75, 3.05) is 37.7 Å². The van der Waals surface area contributed by atoms with Crippen LogP contribution in [0.3, 0.4) is 0 Å². The molecule has 3 unspecified atom stereocenters. The number of carbonyl (C=O) groups is 3. The normalized spacial score (nSPS) is 28.0. The molecule has 0 aromatic heterocycles. The minimum absolute atomic E-state index is 0.0511. The van der Waals surface area contributed by atoms with E-state index in [1.54, 1.807) is 33.7 Å². The average Bonchev–Trinajstić information content (AvgIpc) is 3.60. The summed E-state index contributed by atoms with van der Waals surface area (Å²) in [5, 5.41) is 10.3. The summed E-state index contributed by atoms with van der Waals surface area (Å²) < 4.78 is 4.85. The van der Waals surface area contributed by atoms with Crippen LogP contribution in [0.15, 0.2) is 49.6 Å². The number of ether oxygens (including phenoxy) is 1. The fourth-order valence-corrected chi connectivity index (χ4v) is 9.92. The first kappa shape index (κ1) is 33.1. The minimum atomic E-state index is -0.746. The van der Waals surface area contributed by atoms with E-state index in [-0.39, 0.29) is 35.5 Å². The zero-order valence-corrected chi connectivity index (χ0v) is 27.1. The van der Waals surface area contributed by atoms with E-state index in [9.17, 15) is 19.5 Å². The number of fused-ring (bicyclic) bond motifs is 1. The van der Waals surface area contributed by atoms with Crippen LogP contribution in [0.2, 0.25) is 0 Å². The number of benzene rings is 1. The van der Waals surface area contributed by atoms with E-state index < -0.39 is 28.7 Å². The Kier molecular flexibility index (Phi) is 11.0. The number of carbonyl (C=O) groups excluding carboxylic acids is 3. The van der Waals surface area contributed by atoms with E-state index in [2.05, 4.69) is 27.0 Å². The number of unbranched alkanes of at least 4 members (excludes halogenated alkanes) is 2. The quantitative estimate of drug-likeness (QED) is 0.211. The molecule has 0 radical (unpaired) electrons. The Hall–Kier alpha value is -2.78. The number of amides is 3. The summed E-state index contributed by atoms with van der Waals surface area (Å²) in [4.78, 5) is 48.9. The maximum atomic E-state index is 14.6. The molecular weight excluding hydrogens is 562 g/mol. The van der Waals surface area contributed by atoms with Crippen molar-refractivity contribution in [3.8, 4) is 5.75 Å². The van der Waals surface area contributed by atoms with Crippen LogP contribution in [-0.4, -0.2) is 87.6 Å². The monoisotopic (exact) mass is 611 g/mol. The smallest absolute Gasteiger partial charge is 0.247 e. The summed E-state index contributed by atoms with van der Waals surface area (Å²) >= 11 is 1.67. The SMILES string of the molecule is C=CCN(CCCCC)C(=O)C1N([C@@H](CC)CO)C(=O)[C@@H]2[C@H](C(=O)N(CC=C)c3ccc(OCC)cc3)[C@@H]3CC(C)C12S3. The van der Waals surface area contributed by atoms with Crippen LogP contribution >= 0.6 is 11.8 Å². The maximum Gasteiger partial charge on any atom is 0.247 e. The van der Waals surface area contributed by atoms with Gasteiger partial charge in [-0.1, -0.05) is 45.8 Å². The molecule has 0 saturated carbocycles. The lowest BCUT2D eigenvalue weighted by Gasteiger charge is -2.42. The van der Waals surface area contributed by atoms with Crippen molar-refractivity contribution < 1.29 is 24.2 Å². The van der Waals surface area contributed by atoms with Crippen LogP contribution in [0.5, 0.6) is 5.75 Å². The summed E-state index contributed by atoms with van der Waals surface area (Å²) in [6.45, 7) is 17.5. The van der Waals surface area contributed by atoms with Crippen molar-refractivity contribution in [3.63, 3.8) is 0 Å². The Labute approximate surface area is 261 Å². The van der Waals surface area contributed by atoms with E-state index in [4.69, 9.17) is 4.74 Å². The van der Waals surface area contributed by atoms with E-state index in [0.717, 1.165) is 31.4 Å². The lowest BCUT2D eigenvalue weighted by molar-refractivity contribution is -0.145. The zero-order valence-electron chi connectivity index (χ0n) is 26.2. The Morgan fingerprint density at radius 1 is 1.14 bits per heavy atom. The van der Waals surface area contributed by atoms with Gasteiger partial charge in [0.15, 0.2) is 0 Å². The van der Waals surface area contributed by atoms with Gasteiger partial charge in [-0.05, 0) is 56.4 Å². The third-order valence-electron chi connectivity index (χ3n) is 9.51. The van der Waals surface area contributed by atoms with E-state index in [1.807, 2.05) is 43.0 Å². The third-order valence-corrected chi connectivity index (χ3v) is 11.6. The Morgan fingerprint density at radius 3 is 2.42 bits per heavy atom. The molecule has 4 rings (SSSR count). The van der Waals surface area contributed by atoms with Gasteiger partial charge >= 0.3 is 0 Å². The largest absolute Gasteiger partial charge is 0.494 e. The molecule has 1 spiro atoms. The molecule has 236 valence electrons. The molecule has 3 fully saturated rings. The topological polar surface area (TPSA) is 90.4 Å². The number of likely N-dealkylation sites (tertiary alicyclic amines) is 1. The summed E-state index contributed by atoms with van der Waals surface area (Å²) in [5.74, 6) is -0.854. The van der Waals surface area contributed by atoms with Gasteiger partial charge in [0.25, 0.3) is 0 Å². The van der Waals surface area contributed by atoms with Crippen molar-refractivity contribution >= 4 is 35.2 Å². The number of thioether (sulfide) groups is 1. The molecule has 1 aromatic carbocycles. The molecule has 3 aliphatic rings. The lowest BCUT2D eigenvalue weighted by Crippen LogP contribution is -2.59.